The highest BCUT2D eigenvalue weighted by Crippen LogP contribution is 2.38. The lowest BCUT2D eigenvalue weighted by Crippen LogP contribution is -2.27. The van der Waals surface area contributed by atoms with Crippen LogP contribution in [0.15, 0.2) is 30.3 Å². The summed E-state index contributed by atoms with van der Waals surface area (Å²) in [5.74, 6) is 3.07. The highest BCUT2D eigenvalue weighted by atomic mass is 16.6. The summed E-state index contributed by atoms with van der Waals surface area (Å²) in [5.41, 5.74) is 0.387. The minimum absolute atomic E-state index is 0.156. The predicted octanol–water partition coefficient (Wildman–Crippen LogP) is 9.98. The zero-order valence-electron chi connectivity index (χ0n) is 29.7. The fourth-order valence-electron chi connectivity index (χ4n) is 4.87. The topological polar surface area (TPSA) is 112 Å². The standard InChI is InChI=1S/C39H56N2O7/c1-7-10-13-15-17-19-24-46-35-28-36(47-25-20-18-16-14-11-8-2)33(41-38(44)48-39(4,5)6)27-32(35)40-37(43)31-26-30(29-42)21-22-34(31)45-23-12-9-3/h3,21-22,26-29H,7-8,10-20,23-25H2,1-2,4-6H3,(H,40,43)(H,41,44). The number of aldehydes is 1. The van der Waals surface area contributed by atoms with Crippen LogP contribution in [0.3, 0.4) is 0 Å². The van der Waals surface area contributed by atoms with Crippen LogP contribution >= 0.6 is 0 Å². The number of anilines is 2. The molecule has 0 aromatic heterocycles. The Bertz CT molecular complexity index is 1330. The third kappa shape index (κ3) is 15.6. The summed E-state index contributed by atoms with van der Waals surface area (Å²) >= 11 is 0. The van der Waals surface area contributed by atoms with E-state index in [0.29, 0.717) is 54.4 Å². The predicted molar refractivity (Wildman–Crippen MR) is 193 cm³/mol. The molecule has 264 valence electrons. The van der Waals surface area contributed by atoms with Gasteiger partial charge in [-0.15, -0.1) is 12.3 Å². The lowest BCUT2D eigenvalue weighted by molar-refractivity contribution is 0.0635. The maximum absolute atomic E-state index is 13.7. The van der Waals surface area contributed by atoms with E-state index in [-0.39, 0.29) is 17.9 Å². The maximum atomic E-state index is 13.7. The molecule has 0 unspecified atom stereocenters. The van der Waals surface area contributed by atoms with Gasteiger partial charge in [0.15, 0.2) is 0 Å². The Hall–Kier alpha value is -4.19. The molecule has 48 heavy (non-hydrogen) atoms. The highest BCUT2D eigenvalue weighted by molar-refractivity contribution is 6.08. The summed E-state index contributed by atoms with van der Waals surface area (Å²) < 4.78 is 23.7. The Balaban J connectivity index is 2.43. The van der Waals surface area contributed by atoms with Crippen molar-refractivity contribution >= 4 is 29.7 Å². The van der Waals surface area contributed by atoms with Gasteiger partial charge in [0, 0.05) is 18.1 Å². The van der Waals surface area contributed by atoms with Gasteiger partial charge in [0.1, 0.15) is 29.1 Å². The monoisotopic (exact) mass is 664 g/mol. The second-order valence-electron chi connectivity index (χ2n) is 12.8. The Kier molecular flexibility index (Phi) is 18.7. The van der Waals surface area contributed by atoms with Crippen LogP contribution in [0.1, 0.15) is 139 Å². The fourth-order valence-corrected chi connectivity index (χ4v) is 4.87. The SMILES string of the molecule is C#CCCOc1ccc(C=O)cc1C(=O)Nc1cc(NC(=O)OC(C)(C)C)c(OCCCCCCCC)cc1OCCCCCCCC. The number of carbonyl (C=O) groups excluding carboxylic acids is 3. The number of unbranched alkanes of at least 4 members (excludes halogenated alkanes) is 10. The number of terminal acetylenes is 1. The summed E-state index contributed by atoms with van der Waals surface area (Å²) in [6, 6.07) is 7.91. The Morgan fingerprint density at radius 3 is 1.81 bits per heavy atom. The molecule has 0 heterocycles. The van der Waals surface area contributed by atoms with Crippen LogP contribution in [0.2, 0.25) is 0 Å². The van der Waals surface area contributed by atoms with E-state index in [2.05, 4.69) is 30.4 Å². The smallest absolute Gasteiger partial charge is 0.412 e. The average Bonchev–Trinajstić information content (AvgIpc) is 3.04. The van der Waals surface area contributed by atoms with Gasteiger partial charge in [-0.3, -0.25) is 14.9 Å². The fraction of sp³-hybridized carbons (Fsp3) is 0.564. The average molecular weight is 665 g/mol. The van der Waals surface area contributed by atoms with Gasteiger partial charge >= 0.3 is 6.09 Å². The van der Waals surface area contributed by atoms with Crippen molar-refractivity contribution in [3.63, 3.8) is 0 Å². The lowest BCUT2D eigenvalue weighted by Gasteiger charge is -2.22. The van der Waals surface area contributed by atoms with Gasteiger partial charge in [-0.1, -0.05) is 78.1 Å². The Morgan fingerprint density at radius 1 is 0.729 bits per heavy atom. The number of ether oxygens (including phenoxy) is 4. The molecule has 2 aromatic carbocycles. The van der Waals surface area contributed by atoms with Crippen molar-refractivity contribution < 1.29 is 33.3 Å². The zero-order valence-corrected chi connectivity index (χ0v) is 29.7. The Morgan fingerprint density at radius 2 is 1.27 bits per heavy atom. The van der Waals surface area contributed by atoms with Crippen molar-refractivity contribution in [2.45, 2.75) is 124 Å². The molecule has 2 amide bonds. The van der Waals surface area contributed by atoms with Gasteiger partial charge in [-0.25, -0.2) is 4.79 Å². The molecule has 0 aliphatic rings. The third-order valence-electron chi connectivity index (χ3n) is 7.36. The molecule has 0 aliphatic carbocycles. The van der Waals surface area contributed by atoms with Gasteiger partial charge in [0.05, 0.1) is 36.8 Å². The summed E-state index contributed by atoms with van der Waals surface area (Å²) in [4.78, 5) is 38.2. The molecule has 2 rings (SSSR count). The largest absolute Gasteiger partial charge is 0.492 e. The molecule has 0 aliphatic heterocycles. The first-order chi connectivity index (χ1) is 23.1. The number of rotatable bonds is 23. The van der Waals surface area contributed by atoms with E-state index >= 15 is 0 Å². The molecule has 0 saturated carbocycles. The third-order valence-corrected chi connectivity index (χ3v) is 7.36. The van der Waals surface area contributed by atoms with Crippen LogP contribution in [-0.4, -0.2) is 43.7 Å². The molecule has 0 fully saturated rings. The van der Waals surface area contributed by atoms with E-state index < -0.39 is 17.6 Å². The molecule has 9 heteroatoms. The number of amides is 2. The molecular weight excluding hydrogens is 608 g/mol. The lowest BCUT2D eigenvalue weighted by atomic mass is 10.1. The van der Waals surface area contributed by atoms with E-state index in [1.165, 1.54) is 44.6 Å². The van der Waals surface area contributed by atoms with Crippen molar-refractivity contribution in [2.24, 2.45) is 0 Å². The normalized spacial score (nSPS) is 10.9. The second-order valence-corrected chi connectivity index (χ2v) is 12.8. The van der Waals surface area contributed by atoms with Crippen LogP contribution in [-0.2, 0) is 4.74 Å². The van der Waals surface area contributed by atoms with Gasteiger partial charge in [0.25, 0.3) is 5.91 Å². The van der Waals surface area contributed by atoms with Gasteiger partial charge < -0.3 is 24.3 Å². The molecule has 0 radical (unpaired) electrons. The molecule has 2 aromatic rings. The van der Waals surface area contributed by atoms with Crippen molar-refractivity contribution in [2.75, 3.05) is 30.5 Å². The molecule has 0 bridgehead atoms. The van der Waals surface area contributed by atoms with Gasteiger partial charge in [-0.2, -0.15) is 0 Å². The van der Waals surface area contributed by atoms with Gasteiger partial charge in [0.2, 0.25) is 0 Å². The molecular formula is C39H56N2O7. The van der Waals surface area contributed by atoms with E-state index in [4.69, 9.17) is 25.4 Å². The Labute approximate surface area is 287 Å². The van der Waals surface area contributed by atoms with E-state index in [9.17, 15) is 14.4 Å². The van der Waals surface area contributed by atoms with Crippen molar-refractivity contribution in [3.8, 4) is 29.6 Å². The zero-order chi connectivity index (χ0) is 35.2. The summed E-state index contributed by atoms with van der Waals surface area (Å²) in [6.07, 6.45) is 18.9. The molecule has 0 spiro atoms. The minimum Gasteiger partial charge on any atom is -0.492 e. The first kappa shape index (κ1) is 40.0. The first-order valence-electron chi connectivity index (χ1n) is 17.5. The van der Waals surface area contributed by atoms with E-state index in [1.807, 2.05) is 0 Å². The number of carbonyl (C=O) groups is 3. The van der Waals surface area contributed by atoms with Crippen molar-refractivity contribution in [1.29, 1.82) is 0 Å². The highest BCUT2D eigenvalue weighted by Gasteiger charge is 2.22. The van der Waals surface area contributed by atoms with Crippen LogP contribution in [0.4, 0.5) is 16.2 Å². The van der Waals surface area contributed by atoms with Crippen molar-refractivity contribution in [3.05, 3.63) is 41.5 Å². The number of benzene rings is 2. The molecule has 0 atom stereocenters. The number of hydrogen-bond acceptors (Lipinski definition) is 7. The minimum atomic E-state index is -0.722. The molecule has 0 saturated heterocycles. The van der Waals surface area contributed by atoms with E-state index in [0.717, 1.165) is 38.5 Å². The second kappa shape index (κ2) is 22.4. The van der Waals surface area contributed by atoms with Crippen LogP contribution in [0.25, 0.3) is 0 Å². The quantitative estimate of drug-likeness (QED) is 0.0691. The number of nitrogens with one attached hydrogen (secondary N) is 2. The summed E-state index contributed by atoms with van der Waals surface area (Å²) in [6.45, 7) is 10.8. The van der Waals surface area contributed by atoms with Crippen LogP contribution in [0, 0.1) is 12.3 Å². The number of hydrogen-bond donors (Lipinski definition) is 2. The summed E-state index contributed by atoms with van der Waals surface area (Å²) in [5, 5.41) is 5.71. The maximum Gasteiger partial charge on any atom is 0.412 e. The van der Waals surface area contributed by atoms with Crippen molar-refractivity contribution in [1.82, 2.24) is 0 Å². The molecule has 9 nitrogen and oxygen atoms in total. The summed E-state index contributed by atoms with van der Waals surface area (Å²) in [7, 11) is 0. The van der Waals surface area contributed by atoms with Crippen LogP contribution < -0.4 is 24.8 Å². The van der Waals surface area contributed by atoms with E-state index in [1.54, 1.807) is 45.0 Å². The van der Waals surface area contributed by atoms with Crippen LogP contribution in [0.5, 0.6) is 17.2 Å². The first-order valence-corrected chi connectivity index (χ1v) is 17.5. The molecule has 2 N–H and O–H groups in total. The van der Waals surface area contributed by atoms with Gasteiger partial charge in [-0.05, 0) is 57.9 Å².